The summed E-state index contributed by atoms with van der Waals surface area (Å²) in [5.41, 5.74) is 5.35. The molecule has 0 saturated heterocycles. The minimum absolute atomic E-state index is 0.0821. The van der Waals surface area contributed by atoms with Crippen molar-refractivity contribution in [2.24, 2.45) is 11.7 Å². The van der Waals surface area contributed by atoms with Crippen LogP contribution in [0.2, 0.25) is 0 Å². The molecule has 0 aliphatic carbocycles. The first-order chi connectivity index (χ1) is 8.71. The minimum atomic E-state index is -2.61. The molecule has 1 rings (SSSR count). The third kappa shape index (κ3) is 5.40. The van der Waals surface area contributed by atoms with E-state index in [9.17, 15) is 8.78 Å². The molecule has 0 bridgehead atoms. The predicted molar refractivity (Wildman–Crippen MR) is 74.4 cm³/mol. The molecule has 1 aromatic rings. The first-order valence-corrected chi connectivity index (χ1v) is 6.86. The Morgan fingerprint density at radius 1 is 1.47 bits per heavy atom. The number of aromatic nitrogens is 1. The van der Waals surface area contributed by atoms with Gasteiger partial charge in [0.15, 0.2) is 0 Å². The Kier molecular flexibility index (Phi) is 5.67. The van der Waals surface area contributed by atoms with Gasteiger partial charge in [-0.05, 0) is 41.3 Å². The van der Waals surface area contributed by atoms with Gasteiger partial charge in [-0.25, -0.2) is 13.8 Å². The number of hydrogen-bond donors (Lipinski definition) is 1. The van der Waals surface area contributed by atoms with Crippen molar-refractivity contribution in [2.75, 3.05) is 6.61 Å². The maximum Gasteiger partial charge on any atom is 0.267 e. The fourth-order valence-corrected chi connectivity index (χ4v) is 2.31. The van der Waals surface area contributed by atoms with Crippen LogP contribution in [0.1, 0.15) is 39.2 Å². The van der Waals surface area contributed by atoms with Gasteiger partial charge in [-0.15, -0.1) is 0 Å². The summed E-state index contributed by atoms with van der Waals surface area (Å²) in [7, 11) is 0. The SMILES string of the molecule is CC(C)CC(C)(N)COc1cnc(Br)cc1C(F)F. The van der Waals surface area contributed by atoms with Crippen LogP contribution >= 0.6 is 15.9 Å². The fraction of sp³-hybridized carbons (Fsp3) is 0.615. The Morgan fingerprint density at radius 2 is 2.11 bits per heavy atom. The quantitative estimate of drug-likeness (QED) is 0.801. The van der Waals surface area contributed by atoms with Crippen LogP contribution in [0.3, 0.4) is 0 Å². The zero-order valence-electron chi connectivity index (χ0n) is 11.3. The van der Waals surface area contributed by atoms with Gasteiger partial charge in [-0.1, -0.05) is 13.8 Å². The van der Waals surface area contributed by atoms with Crippen molar-refractivity contribution in [3.05, 3.63) is 22.4 Å². The van der Waals surface area contributed by atoms with Gasteiger partial charge in [0, 0.05) is 5.54 Å². The lowest BCUT2D eigenvalue weighted by Crippen LogP contribution is -2.43. The number of nitrogens with two attached hydrogens (primary N) is 1. The smallest absolute Gasteiger partial charge is 0.267 e. The van der Waals surface area contributed by atoms with Gasteiger partial charge < -0.3 is 10.5 Å². The molecule has 108 valence electrons. The van der Waals surface area contributed by atoms with Crippen molar-refractivity contribution in [1.29, 1.82) is 0 Å². The van der Waals surface area contributed by atoms with Gasteiger partial charge in [-0.3, -0.25) is 0 Å². The zero-order valence-corrected chi connectivity index (χ0v) is 12.9. The summed E-state index contributed by atoms with van der Waals surface area (Å²) in [6.45, 7) is 6.13. The van der Waals surface area contributed by atoms with E-state index in [0.717, 1.165) is 6.42 Å². The van der Waals surface area contributed by atoms with E-state index in [1.807, 2.05) is 6.92 Å². The molecule has 0 aromatic carbocycles. The maximum absolute atomic E-state index is 12.9. The minimum Gasteiger partial charge on any atom is -0.490 e. The summed E-state index contributed by atoms with van der Waals surface area (Å²) in [6, 6.07) is 1.26. The summed E-state index contributed by atoms with van der Waals surface area (Å²) in [5.74, 6) is 0.495. The molecule has 0 fully saturated rings. The summed E-state index contributed by atoms with van der Waals surface area (Å²) in [5, 5.41) is 0. The number of rotatable bonds is 6. The second kappa shape index (κ2) is 6.61. The molecular weight excluding hydrogens is 318 g/mol. The molecule has 0 amide bonds. The molecule has 1 heterocycles. The molecule has 3 nitrogen and oxygen atoms in total. The Morgan fingerprint density at radius 3 is 2.63 bits per heavy atom. The van der Waals surface area contributed by atoms with Crippen molar-refractivity contribution in [3.63, 3.8) is 0 Å². The summed E-state index contributed by atoms with van der Waals surface area (Å²) >= 11 is 3.06. The van der Waals surface area contributed by atoms with E-state index in [0.29, 0.717) is 10.5 Å². The Hall–Kier alpha value is -0.750. The van der Waals surface area contributed by atoms with Crippen LogP contribution in [0.4, 0.5) is 8.78 Å². The molecule has 1 aromatic heterocycles. The van der Waals surface area contributed by atoms with E-state index in [1.165, 1.54) is 12.3 Å². The Balaban J connectivity index is 2.77. The van der Waals surface area contributed by atoms with Crippen LogP contribution in [-0.4, -0.2) is 17.1 Å². The first kappa shape index (κ1) is 16.3. The van der Waals surface area contributed by atoms with Crippen molar-refractivity contribution < 1.29 is 13.5 Å². The molecule has 0 spiro atoms. The van der Waals surface area contributed by atoms with Gasteiger partial charge >= 0.3 is 0 Å². The van der Waals surface area contributed by atoms with Gasteiger partial charge in [0.05, 0.1) is 11.8 Å². The van der Waals surface area contributed by atoms with Crippen LogP contribution in [0.25, 0.3) is 0 Å². The topological polar surface area (TPSA) is 48.1 Å². The summed E-state index contributed by atoms with van der Waals surface area (Å²) in [4.78, 5) is 3.90. The van der Waals surface area contributed by atoms with Gasteiger partial charge in [0.25, 0.3) is 6.43 Å². The average Bonchev–Trinajstić information content (AvgIpc) is 2.25. The summed E-state index contributed by atoms with van der Waals surface area (Å²) < 4.78 is 31.5. The molecule has 0 radical (unpaired) electrons. The number of nitrogens with zero attached hydrogens (tertiary/aromatic N) is 1. The van der Waals surface area contributed by atoms with E-state index in [1.54, 1.807) is 0 Å². The van der Waals surface area contributed by atoms with Crippen LogP contribution in [0.5, 0.6) is 5.75 Å². The van der Waals surface area contributed by atoms with Crippen molar-refractivity contribution in [3.8, 4) is 5.75 Å². The number of halogens is 3. The van der Waals surface area contributed by atoms with Crippen molar-refractivity contribution in [2.45, 2.75) is 39.2 Å². The lowest BCUT2D eigenvalue weighted by Gasteiger charge is -2.27. The first-order valence-electron chi connectivity index (χ1n) is 6.06. The molecule has 1 atom stereocenters. The molecule has 0 saturated carbocycles. The van der Waals surface area contributed by atoms with Gasteiger partial charge in [-0.2, -0.15) is 0 Å². The standard InChI is InChI=1S/C13H19BrF2N2O/c1-8(2)5-13(3,17)7-19-10-6-18-11(14)4-9(10)12(15)16/h4,6,8,12H,5,7,17H2,1-3H3. The Labute approximate surface area is 120 Å². The lowest BCUT2D eigenvalue weighted by atomic mass is 9.93. The number of pyridine rings is 1. The van der Waals surface area contributed by atoms with E-state index < -0.39 is 12.0 Å². The number of ether oxygens (including phenoxy) is 1. The maximum atomic E-state index is 12.9. The van der Waals surface area contributed by atoms with Crippen molar-refractivity contribution in [1.82, 2.24) is 4.98 Å². The zero-order chi connectivity index (χ0) is 14.6. The second-order valence-corrected chi connectivity index (χ2v) is 6.20. The summed E-state index contributed by atoms with van der Waals surface area (Å²) in [6.07, 6.45) is -0.568. The molecule has 1 unspecified atom stereocenters. The van der Waals surface area contributed by atoms with Crippen LogP contribution in [0, 0.1) is 5.92 Å². The molecular formula is C13H19BrF2N2O. The Bertz CT molecular complexity index is 425. The van der Waals surface area contributed by atoms with Crippen molar-refractivity contribution >= 4 is 15.9 Å². The molecule has 19 heavy (non-hydrogen) atoms. The largest absolute Gasteiger partial charge is 0.490 e. The van der Waals surface area contributed by atoms with Crippen LogP contribution < -0.4 is 10.5 Å². The third-order valence-electron chi connectivity index (χ3n) is 2.53. The average molecular weight is 337 g/mol. The van der Waals surface area contributed by atoms with Gasteiger partial charge in [0.2, 0.25) is 0 Å². The lowest BCUT2D eigenvalue weighted by molar-refractivity contribution is 0.139. The van der Waals surface area contributed by atoms with Crippen LogP contribution in [0.15, 0.2) is 16.9 Å². The normalized spacial score (nSPS) is 14.8. The molecule has 2 N–H and O–H groups in total. The molecule has 0 aliphatic rings. The number of hydrogen-bond acceptors (Lipinski definition) is 3. The third-order valence-corrected chi connectivity index (χ3v) is 2.96. The molecule has 0 aliphatic heterocycles. The monoisotopic (exact) mass is 336 g/mol. The highest BCUT2D eigenvalue weighted by molar-refractivity contribution is 9.10. The highest BCUT2D eigenvalue weighted by Gasteiger charge is 2.23. The van der Waals surface area contributed by atoms with Crippen LogP contribution in [-0.2, 0) is 0 Å². The van der Waals surface area contributed by atoms with Gasteiger partial charge in [0.1, 0.15) is 17.0 Å². The predicted octanol–water partition coefficient (Wildman–Crippen LogP) is 3.92. The molecule has 6 heteroatoms. The second-order valence-electron chi connectivity index (χ2n) is 5.39. The van der Waals surface area contributed by atoms with E-state index in [-0.39, 0.29) is 17.9 Å². The fourth-order valence-electron chi connectivity index (χ4n) is 1.96. The van der Waals surface area contributed by atoms with E-state index >= 15 is 0 Å². The van der Waals surface area contributed by atoms with E-state index in [4.69, 9.17) is 10.5 Å². The number of alkyl halides is 2. The highest BCUT2D eigenvalue weighted by Crippen LogP contribution is 2.30. The van der Waals surface area contributed by atoms with E-state index in [2.05, 4.69) is 34.8 Å². The highest BCUT2D eigenvalue weighted by atomic mass is 79.9.